The number of hydrogen-bond donors (Lipinski definition) is 0. The predicted molar refractivity (Wildman–Crippen MR) is 94.2 cm³/mol. The summed E-state index contributed by atoms with van der Waals surface area (Å²) in [4.78, 5) is 14.8. The Labute approximate surface area is 145 Å². The van der Waals surface area contributed by atoms with Crippen LogP contribution in [0.25, 0.3) is 0 Å². The molecule has 1 saturated carbocycles. The number of ether oxygens (including phenoxy) is 2. The molecule has 4 heteroatoms. The van der Waals surface area contributed by atoms with Crippen LogP contribution in [0.4, 0.5) is 0 Å². The summed E-state index contributed by atoms with van der Waals surface area (Å²) >= 11 is 0. The summed E-state index contributed by atoms with van der Waals surface area (Å²) in [6.07, 6.45) is 7.46. The lowest BCUT2D eigenvalue weighted by molar-refractivity contribution is -0.137. The van der Waals surface area contributed by atoms with Gasteiger partial charge in [-0.25, -0.2) is 0 Å². The Bertz CT molecular complexity index is 574. The first kappa shape index (κ1) is 17.3. The quantitative estimate of drug-likeness (QED) is 0.830. The highest BCUT2D eigenvalue weighted by Crippen LogP contribution is 2.46. The number of likely N-dealkylation sites (tertiary alicyclic amines) is 1. The summed E-state index contributed by atoms with van der Waals surface area (Å²) in [5.74, 6) is 1.14. The molecule has 1 aliphatic heterocycles. The first-order chi connectivity index (χ1) is 11.7. The molecule has 0 aromatic heterocycles. The van der Waals surface area contributed by atoms with Gasteiger partial charge in [-0.1, -0.05) is 24.6 Å². The van der Waals surface area contributed by atoms with Crippen LogP contribution in [-0.4, -0.2) is 44.2 Å². The second kappa shape index (κ2) is 7.56. The number of benzene rings is 1. The van der Waals surface area contributed by atoms with E-state index in [1.807, 2.05) is 31.4 Å². The SMILES string of the molecule is COc1ccccc1CCC(=O)N1CCC[C@@]2(CCC[C@H]2OC)C1. The van der Waals surface area contributed by atoms with Gasteiger partial charge in [-0.05, 0) is 43.7 Å². The maximum absolute atomic E-state index is 12.8. The van der Waals surface area contributed by atoms with Crippen LogP contribution in [0, 0.1) is 5.41 Å². The molecule has 1 spiro atoms. The Balaban J connectivity index is 1.61. The van der Waals surface area contributed by atoms with E-state index >= 15 is 0 Å². The highest BCUT2D eigenvalue weighted by Gasteiger charge is 2.46. The molecule has 0 bridgehead atoms. The molecule has 3 rings (SSSR count). The van der Waals surface area contributed by atoms with E-state index in [-0.39, 0.29) is 11.3 Å². The van der Waals surface area contributed by atoms with Crippen molar-refractivity contribution < 1.29 is 14.3 Å². The summed E-state index contributed by atoms with van der Waals surface area (Å²) in [7, 11) is 3.50. The number of aryl methyl sites for hydroxylation is 1. The molecule has 0 unspecified atom stereocenters. The topological polar surface area (TPSA) is 38.8 Å². The van der Waals surface area contributed by atoms with Gasteiger partial charge >= 0.3 is 0 Å². The third kappa shape index (κ3) is 3.44. The van der Waals surface area contributed by atoms with Crippen molar-refractivity contribution in [1.29, 1.82) is 0 Å². The number of methoxy groups -OCH3 is 2. The molecule has 1 aromatic carbocycles. The van der Waals surface area contributed by atoms with Crippen molar-refractivity contribution in [3.8, 4) is 5.75 Å². The number of hydrogen-bond acceptors (Lipinski definition) is 3. The van der Waals surface area contributed by atoms with Crippen LogP contribution in [0.5, 0.6) is 5.75 Å². The van der Waals surface area contributed by atoms with Crippen LogP contribution in [0.2, 0.25) is 0 Å². The number of para-hydroxylation sites is 1. The molecular weight excluding hydrogens is 302 g/mol. The van der Waals surface area contributed by atoms with E-state index in [1.165, 1.54) is 19.3 Å². The van der Waals surface area contributed by atoms with Gasteiger partial charge in [-0.2, -0.15) is 0 Å². The van der Waals surface area contributed by atoms with Crippen molar-refractivity contribution >= 4 is 5.91 Å². The number of carbonyl (C=O) groups is 1. The molecule has 24 heavy (non-hydrogen) atoms. The lowest BCUT2D eigenvalue weighted by Gasteiger charge is -2.43. The minimum atomic E-state index is 0.201. The monoisotopic (exact) mass is 331 g/mol. The minimum Gasteiger partial charge on any atom is -0.496 e. The van der Waals surface area contributed by atoms with E-state index in [1.54, 1.807) is 7.11 Å². The average molecular weight is 331 g/mol. The molecule has 2 aliphatic rings. The molecule has 1 aliphatic carbocycles. The molecule has 0 N–H and O–H groups in total. The molecule has 1 aromatic rings. The highest BCUT2D eigenvalue weighted by atomic mass is 16.5. The fourth-order valence-electron chi connectivity index (χ4n) is 4.62. The molecule has 1 amide bonds. The molecule has 1 heterocycles. The smallest absolute Gasteiger partial charge is 0.222 e. The van der Waals surface area contributed by atoms with Crippen LogP contribution < -0.4 is 4.74 Å². The molecule has 4 nitrogen and oxygen atoms in total. The number of nitrogens with zero attached hydrogens (tertiary/aromatic N) is 1. The minimum absolute atomic E-state index is 0.201. The van der Waals surface area contributed by atoms with Gasteiger partial charge in [0.05, 0.1) is 13.2 Å². The summed E-state index contributed by atoms with van der Waals surface area (Å²) < 4.78 is 11.1. The second-order valence-corrected chi connectivity index (χ2v) is 7.21. The van der Waals surface area contributed by atoms with E-state index in [0.717, 1.165) is 43.7 Å². The number of rotatable bonds is 5. The third-order valence-electron chi connectivity index (χ3n) is 5.87. The maximum atomic E-state index is 12.8. The zero-order chi connectivity index (χ0) is 17.0. The van der Waals surface area contributed by atoms with Gasteiger partial charge in [-0.3, -0.25) is 4.79 Å². The number of carbonyl (C=O) groups excluding carboxylic acids is 1. The van der Waals surface area contributed by atoms with E-state index in [0.29, 0.717) is 12.5 Å². The third-order valence-corrected chi connectivity index (χ3v) is 5.87. The van der Waals surface area contributed by atoms with Crippen molar-refractivity contribution in [2.45, 2.75) is 51.0 Å². The van der Waals surface area contributed by atoms with Gasteiger partial charge in [-0.15, -0.1) is 0 Å². The first-order valence-electron chi connectivity index (χ1n) is 9.11. The van der Waals surface area contributed by atoms with Crippen molar-refractivity contribution in [3.05, 3.63) is 29.8 Å². The number of amides is 1. The van der Waals surface area contributed by atoms with E-state index in [9.17, 15) is 4.79 Å². The summed E-state index contributed by atoms with van der Waals surface area (Å²) in [6.45, 7) is 1.76. The average Bonchev–Trinajstić information content (AvgIpc) is 3.01. The molecule has 1 saturated heterocycles. The zero-order valence-corrected chi connectivity index (χ0v) is 14.9. The van der Waals surface area contributed by atoms with Crippen molar-refractivity contribution in [2.24, 2.45) is 5.41 Å². The van der Waals surface area contributed by atoms with Crippen molar-refractivity contribution in [1.82, 2.24) is 4.90 Å². The highest BCUT2D eigenvalue weighted by molar-refractivity contribution is 5.76. The predicted octanol–water partition coefficient (Wildman–Crippen LogP) is 3.44. The lowest BCUT2D eigenvalue weighted by Crippen LogP contribution is -2.49. The molecule has 2 fully saturated rings. The fraction of sp³-hybridized carbons (Fsp3) is 0.650. The largest absolute Gasteiger partial charge is 0.496 e. The second-order valence-electron chi connectivity index (χ2n) is 7.21. The Morgan fingerprint density at radius 1 is 1.25 bits per heavy atom. The molecule has 2 atom stereocenters. The maximum Gasteiger partial charge on any atom is 0.222 e. The summed E-state index contributed by atoms with van der Waals surface area (Å²) in [5, 5.41) is 0. The van der Waals surface area contributed by atoms with E-state index in [2.05, 4.69) is 4.90 Å². The van der Waals surface area contributed by atoms with Crippen molar-refractivity contribution in [2.75, 3.05) is 27.3 Å². The van der Waals surface area contributed by atoms with Gasteiger partial charge in [0, 0.05) is 32.0 Å². The van der Waals surface area contributed by atoms with Gasteiger partial charge in [0.15, 0.2) is 0 Å². The molecular formula is C20H29NO3. The summed E-state index contributed by atoms with van der Waals surface area (Å²) in [5.41, 5.74) is 1.31. The van der Waals surface area contributed by atoms with E-state index < -0.39 is 0 Å². The zero-order valence-electron chi connectivity index (χ0n) is 14.9. The molecule has 132 valence electrons. The van der Waals surface area contributed by atoms with Crippen molar-refractivity contribution in [3.63, 3.8) is 0 Å². The van der Waals surface area contributed by atoms with Crippen LogP contribution in [-0.2, 0) is 16.0 Å². The fourth-order valence-corrected chi connectivity index (χ4v) is 4.62. The molecule has 0 radical (unpaired) electrons. The number of piperidine rings is 1. The van der Waals surface area contributed by atoms with Crippen LogP contribution in [0.15, 0.2) is 24.3 Å². The van der Waals surface area contributed by atoms with Crippen LogP contribution in [0.3, 0.4) is 0 Å². The normalized spacial score (nSPS) is 26.8. The Morgan fingerprint density at radius 2 is 2.04 bits per heavy atom. The Morgan fingerprint density at radius 3 is 2.83 bits per heavy atom. The van der Waals surface area contributed by atoms with E-state index in [4.69, 9.17) is 9.47 Å². The Hall–Kier alpha value is -1.55. The van der Waals surface area contributed by atoms with Gasteiger partial charge < -0.3 is 14.4 Å². The van der Waals surface area contributed by atoms with Crippen LogP contribution >= 0.6 is 0 Å². The van der Waals surface area contributed by atoms with Crippen LogP contribution in [0.1, 0.15) is 44.1 Å². The summed E-state index contributed by atoms with van der Waals surface area (Å²) in [6, 6.07) is 7.96. The Kier molecular flexibility index (Phi) is 5.44. The first-order valence-corrected chi connectivity index (χ1v) is 9.11. The van der Waals surface area contributed by atoms with Gasteiger partial charge in [0.2, 0.25) is 5.91 Å². The van der Waals surface area contributed by atoms with Gasteiger partial charge in [0.1, 0.15) is 5.75 Å². The standard InChI is InChI=1S/C20H29NO3/c1-23-17-8-4-3-7-16(17)10-11-19(22)21-14-6-13-20(15-21)12-5-9-18(20)24-2/h3-4,7-8,18H,5-6,9-15H2,1-2H3/t18-,20+/m1/s1. The lowest BCUT2D eigenvalue weighted by atomic mass is 9.76. The van der Waals surface area contributed by atoms with Gasteiger partial charge in [0.25, 0.3) is 0 Å².